The van der Waals surface area contributed by atoms with Crippen molar-refractivity contribution in [3.63, 3.8) is 0 Å². The standard InChI is InChI=1S/C17H19N3O4/c1-19-7-6-11-8-12(2-3-13(11)19)14(21)9-18-15(22)10-20-16(23)4-5-17(20)24/h2-3,6-8,14,21H,4-5,9-10H2,1H3,(H,18,22). The Hall–Kier alpha value is -2.67. The van der Waals surface area contributed by atoms with E-state index in [1.807, 2.05) is 42.1 Å². The van der Waals surface area contributed by atoms with Crippen molar-refractivity contribution in [1.82, 2.24) is 14.8 Å². The van der Waals surface area contributed by atoms with Crippen LogP contribution in [0.2, 0.25) is 0 Å². The summed E-state index contributed by atoms with van der Waals surface area (Å²) in [6, 6.07) is 7.55. The van der Waals surface area contributed by atoms with Crippen LogP contribution in [0, 0.1) is 0 Å². The highest BCUT2D eigenvalue weighted by Crippen LogP contribution is 2.20. The third-order valence-corrected chi connectivity index (χ3v) is 4.24. The number of hydrogen-bond donors (Lipinski definition) is 2. The molecule has 1 fully saturated rings. The third kappa shape index (κ3) is 3.16. The second-order valence-electron chi connectivity index (χ2n) is 5.94. The van der Waals surface area contributed by atoms with Crippen LogP contribution in [0.25, 0.3) is 10.9 Å². The molecule has 2 N–H and O–H groups in total. The molecule has 24 heavy (non-hydrogen) atoms. The summed E-state index contributed by atoms with van der Waals surface area (Å²) in [5.74, 6) is -1.12. The topological polar surface area (TPSA) is 91.6 Å². The van der Waals surface area contributed by atoms with E-state index in [1.165, 1.54) is 0 Å². The maximum atomic E-state index is 11.9. The number of amides is 3. The number of imide groups is 1. The predicted octanol–water partition coefficient (Wildman–Crippen LogP) is 0.477. The smallest absolute Gasteiger partial charge is 0.240 e. The third-order valence-electron chi connectivity index (χ3n) is 4.24. The lowest BCUT2D eigenvalue weighted by molar-refractivity contribution is -0.142. The molecule has 1 aliphatic rings. The van der Waals surface area contributed by atoms with Crippen LogP contribution in [0.15, 0.2) is 30.5 Å². The molecule has 2 heterocycles. The second kappa shape index (κ2) is 6.45. The molecule has 0 spiro atoms. The first-order valence-corrected chi connectivity index (χ1v) is 7.78. The van der Waals surface area contributed by atoms with E-state index in [0.717, 1.165) is 15.8 Å². The molecule has 1 aromatic heterocycles. The molecule has 1 unspecified atom stereocenters. The monoisotopic (exact) mass is 329 g/mol. The van der Waals surface area contributed by atoms with E-state index in [-0.39, 0.29) is 37.7 Å². The maximum absolute atomic E-state index is 11.9. The molecule has 1 aliphatic heterocycles. The number of likely N-dealkylation sites (tertiary alicyclic amines) is 1. The summed E-state index contributed by atoms with van der Waals surface area (Å²) >= 11 is 0. The van der Waals surface area contributed by atoms with Gasteiger partial charge in [0.2, 0.25) is 17.7 Å². The molecule has 1 aromatic carbocycles. The summed E-state index contributed by atoms with van der Waals surface area (Å²) in [6.07, 6.45) is 1.40. The van der Waals surface area contributed by atoms with Gasteiger partial charge in [-0.2, -0.15) is 0 Å². The lowest BCUT2D eigenvalue weighted by atomic mass is 10.1. The van der Waals surface area contributed by atoms with Crippen molar-refractivity contribution in [1.29, 1.82) is 0 Å². The fraction of sp³-hybridized carbons (Fsp3) is 0.353. The van der Waals surface area contributed by atoms with Gasteiger partial charge in [0, 0.05) is 38.1 Å². The summed E-state index contributed by atoms with van der Waals surface area (Å²) in [6.45, 7) is -0.268. The highest BCUT2D eigenvalue weighted by molar-refractivity contribution is 6.04. The predicted molar refractivity (Wildman–Crippen MR) is 86.8 cm³/mol. The number of carbonyl (C=O) groups is 3. The Bertz CT molecular complexity index is 795. The van der Waals surface area contributed by atoms with Gasteiger partial charge in [0.1, 0.15) is 6.54 Å². The van der Waals surface area contributed by atoms with E-state index < -0.39 is 12.0 Å². The molecular formula is C17H19N3O4. The Balaban J connectivity index is 1.57. The Morgan fingerprint density at radius 1 is 1.25 bits per heavy atom. The zero-order valence-corrected chi connectivity index (χ0v) is 13.4. The van der Waals surface area contributed by atoms with Crippen molar-refractivity contribution in [2.24, 2.45) is 7.05 Å². The average Bonchev–Trinajstić information content (AvgIpc) is 3.09. The molecule has 0 saturated carbocycles. The van der Waals surface area contributed by atoms with E-state index >= 15 is 0 Å². The normalized spacial score (nSPS) is 16.0. The van der Waals surface area contributed by atoms with Gasteiger partial charge in [-0.3, -0.25) is 19.3 Å². The van der Waals surface area contributed by atoms with E-state index in [0.29, 0.717) is 5.56 Å². The van der Waals surface area contributed by atoms with Crippen LogP contribution in [0.4, 0.5) is 0 Å². The number of hydrogen-bond acceptors (Lipinski definition) is 4. The first-order chi connectivity index (χ1) is 11.5. The van der Waals surface area contributed by atoms with Crippen LogP contribution >= 0.6 is 0 Å². The zero-order valence-electron chi connectivity index (χ0n) is 13.4. The molecule has 3 rings (SSSR count). The molecular weight excluding hydrogens is 310 g/mol. The summed E-state index contributed by atoms with van der Waals surface area (Å²) in [5.41, 5.74) is 1.75. The van der Waals surface area contributed by atoms with E-state index in [1.54, 1.807) is 0 Å². The van der Waals surface area contributed by atoms with Crippen LogP contribution in [0.3, 0.4) is 0 Å². The van der Waals surface area contributed by atoms with Gasteiger partial charge in [-0.1, -0.05) is 6.07 Å². The number of aliphatic hydroxyl groups excluding tert-OH is 1. The van der Waals surface area contributed by atoms with Gasteiger partial charge >= 0.3 is 0 Å². The Morgan fingerprint density at radius 2 is 1.96 bits per heavy atom. The maximum Gasteiger partial charge on any atom is 0.240 e. The van der Waals surface area contributed by atoms with Crippen molar-refractivity contribution in [3.8, 4) is 0 Å². The Labute approximate surface area is 138 Å². The van der Waals surface area contributed by atoms with Crippen molar-refractivity contribution >= 4 is 28.6 Å². The molecule has 7 nitrogen and oxygen atoms in total. The first kappa shape index (κ1) is 16.2. The number of aliphatic hydroxyl groups is 1. The summed E-state index contributed by atoms with van der Waals surface area (Å²) in [4.78, 5) is 35.8. The minimum atomic E-state index is -0.858. The quantitative estimate of drug-likeness (QED) is 0.781. The van der Waals surface area contributed by atoms with Crippen LogP contribution in [-0.4, -0.2) is 45.4 Å². The van der Waals surface area contributed by atoms with Crippen molar-refractivity contribution in [2.45, 2.75) is 18.9 Å². The van der Waals surface area contributed by atoms with Gasteiger partial charge in [-0.15, -0.1) is 0 Å². The van der Waals surface area contributed by atoms with E-state index in [2.05, 4.69) is 5.32 Å². The van der Waals surface area contributed by atoms with Crippen LogP contribution < -0.4 is 5.32 Å². The number of aryl methyl sites for hydroxylation is 1. The van der Waals surface area contributed by atoms with Gasteiger partial charge in [0.05, 0.1) is 6.10 Å². The van der Waals surface area contributed by atoms with Gasteiger partial charge in [0.15, 0.2) is 0 Å². The molecule has 3 amide bonds. The number of aromatic nitrogens is 1. The number of fused-ring (bicyclic) bond motifs is 1. The number of rotatable bonds is 5. The van der Waals surface area contributed by atoms with E-state index in [4.69, 9.17) is 0 Å². The molecule has 0 bridgehead atoms. The Kier molecular flexibility index (Phi) is 4.35. The lowest BCUT2D eigenvalue weighted by Gasteiger charge is -2.16. The summed E-state index contributed by atoms with van der Waals surface area (Å²) in [5, 5.41) is 13.8. The molecule has 0 radical (unpaired) electrons. The van der Waals surface area contributed by atoms with Crippen molar-refractivity contribution in [2.75, 3.05) is 13.1 Å². The zero-order chi connectivity index (χ0) is 17.3. The van der Waals surface area contributed by atoms with Crippen molar-refractivity contribution < 1.29 is 19.5 Å². The summed E-state index contributed by atoms with van der Waals surface area (Å²) in [7, 11) is 1.94. The fourth-order valence-electron chi connectivity index (χ4n) is 2.83. The Morgan fingerprint density at radius 3 is 2.67 bits per heavy atom. The minimum absolute atomic E-state index is 0.0212. The first-order valence-electron chi connectivity index (χ1n) is 7.78. The molecule has 2 aromatic rings. The molecule has 0 aliphatic carbocycles. The van der Waals surface area contributed by atoms with Crippen LogP contribution in [0.5, 0.6) is 0 Å². The number of nitrogens with one attached hydrogen (secondary N) is 1. The van der Waals surface area contributed by atoms with Gasteiger partial charge in [0.25, 0.3) is 0 Å². The highest BCUT2D eigenvalue weighted by Gasteiger charge is 2.30. The molecule has 7 heteroatoms. The van der Waals surface area contributed by atoms with Crippen LogP contribution in [0.1, 0.15) is 24.5 Å². The lowest BCUT2D eigenvalue weighted by Crippen LogP contribution is -2.41. The minimum Gasteiger partial charge on any atom is -0.387 e. The van der Waals surface area contributed by atoms with Gasteiger partial charge in [-0.05, 0) is 29.1 Å². The molecule has 1 saturated heterocycles. The number of benzene rings is 1. The average molecular weight is 329 g/mol. The molecule has 1 atom stereocenters. The second-order valence-corrected chi connectivity index (χ2v) is 5.94. The van der Waals surface area contributed by atoms with Gasteiger partial charge in [-0.25, -0.2) is 0 Å². The summed E-state index contributed by atoms with van der Waals surface area (Å²) < 4.78 is 1.98. The largest absolute Gasteiger partial charge is 0.387 e. The van der Waals surface area contributed by atoms with Crippen LogP contribution in [-0.2, 0) is 21.4 Å². The fourth-order valence-corrected chi connectivity index (χ4v) is 2.83. The number of nitrogens with zero attached hydrogens (tertiary/aromatic N) is 2. The SMILES string of the molecule is Cn1ccc2cc(C(O)CNC(=O)CN3C(=O)CCC3=O)ccc21. The van der Waals surface area contributed by atoms with E-state index in [9.17, 15) is 19.5 Å². The number of carbonyl (C=O) groups excluding carboxylic acids is 3. The molecule has 126 valence electrons. The van der Waals surface area contributed by atoms with Crippen molar-refractivity contribution in [3.05, 3.63) is 36.0 Å². The van der Waals surface area contributed by atoms with Gasteiger partial charge < -0.3 is 15.0 Å². The highest BCUT2D eigenvalue weighted by atomic mass is 16.3.